The lowest BCUT2D eigenvalue weighted by atomic mass is 10.1. The maximum atomic E-state index is 6.20. The SMILES string of the molecule is Cc1occc1CCN=C(N)N=C(N)N(C)CCc1cc(CCN=C(N)N=C(N)N(C)Cc2occ(CCN=C(N)N=C(N)N(C)C)c2C)co1. The number of hydrogen-bond acceptors (Lipinski definition) is 6. The summed E-state index contributed by atoms with van der Waals surface area (Å²) < 4.78 is 16.8. The summed E-state index contributed by atoms with van der Waals surface area (Å²) in [5.41, 5.74) is 40.0. The van der Waals surface area contributed by atoms with E-state index in [0.717, 1.165) is 39.5 Å². The molecule has 3 aromatic heterocycles. The van der Waals surface area contributed by atoms with Crippen molar-refractivity contribution >= 4 is 35.8 Å². The molecule has 0 aliphatic carbocycles. The molecule has 12 N–H and O–H groups in total. The molecule has 18 nitrogen and oxygen atoms in total. The quantitative estimate of drug-likeness (QED) is 0.0985. The second-order valence-corrected chi connectivity index (χ2v) is 12.0. The Morgan fingerprint density at radius 3 is 1.80 bits per heavy atom. The number of rotatable bonds is 14. The smallest absolute Gasteiger partial charge is 0.218 e. The van der Waals surface area contributed by atoms with Crippen LogP contribution in [-0.4, -0.2) is 105 Å². The first kappa shape index (κ1) is 39.5. The lowest BCUT2D eigenvalue weighted by molar-refractivity contribution is 0.405. The third-order valence-corrected chi connectivity index (χ3v) is 7.90. The van der Waals surface area contributed by atoms with Crippen LogP contribution >= 0.6 is 0 Å². The van der Waals surface area contributed by atoms with Crippen LogP contribution in [0.3, 0.4) is 0 Å². The number of hydrogen-bond donors (Lipinski definition) is 6. The van der Waals surface area contributed by atoms with Gasteiger partial charge < -0.3 is 62.4 Å². The summed E-state index contributed by atoms with van der Waals surface area (Å²) in [5, 5.41) is 0. The highest BCUT2D eigenvalue weighted by molar-refractivity contribution is 5.94. The Kier molecular flexibility index (Phi) is 14.9. The molecule has 278 valence electrons. The number of nitrogens with zero attached hydrogens (tertiary/aromatic N) is 9. The summed E-state index contributed by atoms with van der Waals surface area (Å²) in [5.74, 6) is 3.49. The van der Waals surface area contributed by atoms with Crippen LogP contribution in [0, 0.1) is 13.8 Å². The second kappa shape index (κ2) is 19.3. The van der Waals surface area contributed by atoms with Crippen molar-refractivity contribution in [2.45, 2.75) is 46.1 Å². The summed E-state index contributed by atoms with van der Waals surface area (Å²) in [6.07, 6.45) is 7.62. The van der Waals surface area contributed by atoms with Crippen molar-refractivity contribution in [3.05, 3.63) is 70.5 Å². The number of nitrogens with two attached hydrogens (primary N) is 6. The van der Waals surface area contributed by atoms with Crippen molar-refractivity contribution in [3.8, 4) is 0 Å². The maximum Gasteiger partial charge on any atom is 0.218 e. The number of furan rings is 3. The molecule has 0 radical (unpaired) electrons. The minimum Gasteiger partial charge on any atom is -0.469 e. The predicted molar refractivity (Wildman–Crippen MR) is 203 cm³/mol. The van der Waals surface area contributed by atoms with Crippen molar-refractivity contribution in [1.82, 2.24) is 14.7 Å². The van der Waals surface area contributed by atoms with Gasteiger partial charge in [-0.25, -0.2) is 0 Å². The molecule has 18 heteroatoms. The number of guanidine groups is 6. The Morgan fingerprint density at radius 1 is 0.647 bits per heavy atom. The van der Waals surface area contributed by atoms with Crippen LogP contribution in [0.4, 0.5) is 0 Å². The summed E-state index contributed by atoms with van der Waals surface area (Å²) >= 11 is 0. The zero-order valence-corrected chi connectivity index (χ0v) is 30.5. The Labute approximate surface area is 298 Å². The topological polar surface area (TPSA) is 279 Å². The Balaban J connectivity index is 1.42. The van der Waals surface area contributed by atoms with Gasteiger partial charge in [-0.1, -0.05) is 0 Å². The highest BCUT2D eigenvalue weighted by atomic mass is 16.3. The molecule has 0 atom stereocenters. The molecule has 0 aromatic carbocycles. The lowest BCUT2D eigenvalue weighted by Crippen LogP contribution is -2.37. The summed E-state index contributed by atoms with van der Waals surface area (Å²) in [7, 11) is 7.17. The molecule has 0 amide bonds. The van der Waals surface area contributed by atoms with Crippen molar-refractivity contribution in [2.24, 2.45) is 64.4 Å². The lowest BCUT2D eigenvalue weighted by Gasteiger charge is -2.16. The van der Waals surface area contributed by atoms with Gasteiger partial charge in [0.05, 0.1) is 25.3 Å². The number of aliphatic imine (C=N–C) groups is 6. The molecule has 3 heterocycles. The van der Waals surface area contributed by atoms with E-state index >= 15 is 0 Å². The third kappa shape index (κ3) is 13.1. The number of aryl methyl sites for hydroxylation is 1. The fourth-order valence-electron chi connectivity index (χ4n) is 4.56. The molecule has 0 saturated heterocycles. The largest absolute Gasteiger partial charge is 0.469 e. The Hall–Kier alpha value is -5.94. The average Bonchev–Trinajstić information content (AvgIpc) is 3.80. The summed E-state index contributed by atoms with van der Waals surface area (Å²) in [4.78, 5) is 30.5. The van der Waals surface area contributed by atoms with Crippen molar-refractivity contribution in [1.29, 1.82) is 0 Å². The van der Waals surface area contributed by atoms with Crippen LogP contribution in [0.1, 0.15) is 39.5 Å². The van der Waals surface area contributed by atoms with E-state index in [1.165, 1.54) is 0 Å². The first-order valence-corrected chi connectivity index (χ1v) is 16.4. The molecule has 51 heavy (non-hydrogen) atoms. The minimum absolute atomic E-state index is 0.0729. The normalized spacial score (nSPS) is 13.6. The van der Waals surface area contributed by atoms with E-state index in [2.05, 4.69) is 30.0 Å². The predicted octanol–water partition coefficient (Wildman–Crippen LogP) is 0.466. The molecule has 0 aliphatic heterocycles. The second-order valence-electron chi connectivity index (χ2n) is 12.0. The van der Waals surface area contributed by atoms with E-state index < -0.39 is 0 Å². The molecule has 0 unspecified atom stereocenters. The van der Waals surface area contributed by atoms with Crippen LogP contribution in [-0.2, 0) is 32.2 Å². The Bertz CT molecular complexity index is 1740. The van der Waals surface area contributed by atoms with E-state index in [1.54, 1.807) is 54.6 Å². The van der Waals surface area contributed by atoms with Crippen LogP contribution in [0.2, 0.25) is 0 Å². The van der Waals surface area contributed by atoms with E-state index in [0.29, 0.717) is 58.4 Å². The zero-order valence-electron chi connectivity index (χ0n) is 30.5. The van der Waals surface area contributed by atoms with Gasteiger partial charge in [0.1, 0.15) is 17.3 Å². The first-order valence-electron chi connectivity index (χ1n) is 16.4. The molecule has 0 fully saturated rings. The van der Waals surface area contributed by atoms with Crippen LogP contribution in [0.25, 0.3) is 0 Å². The van der Waals surface area contributed by atoms with Crippen LogP contribution in [0.15, 0.2) is 74.1 Å². The zero-order chi connectivity index (χ0) is 37.5. The van der Waals surface area contributed by atoms with Gasteiger partial charge in [0.25, 0.3) is 0 Å². The van der Waals surface area contributed by atoms with E-state index in [-0.39, 0.29) is 35.8 Å². The summed E-state index contributed by atoms with van der Waals surface area (Å²) in [6.45, 7) is 6.18. The fraction of sp³-hybridized carbons (Fsp3) is 0.455. The fourth-order valence-corrected chi connectivity index (χ4v) is 4.56. The molecule has 0 saturated carbocycles. The van der Waals surface area contributed by atoms with E-state index in [9.17, 15) is 0 Å². The summed E-state index contributed by atoms with van der Waals surface area (Å²) in [6, 6.07) is 3.89. The molecule has 0 bridgehead atoms. The standard InChI is InChI=1S/C33H53N15O3/c1-21-25(9-14-42-28(34)43-31(37)46(3)4)20-51-27(21)18-48(6)33(39)45-29(35)40-12-7-23-17-26(50-19-23)10-15-47(5)32(38)44-30(36)41-13-8-24-11-16-49-22(24)2/h11,16-17,19-20H,7-10,12-15,18H2,1-6H3,(H4,34,37,42,43)(H4,35,39,40,45)(H4,36,38,41,44). The molecule has 0 aliphatic rings. The minimum atomic E-state index is 0.0729. The average molecular weight is 708 g/mol. The molecular weight excluding hydrogens is 654 g/mol. The van der Waals surface area contributed by atoms with Gasteiger partial charge in [-0.05, 0) is 67.5 Å². The van der Waals surface area contributed by atoms with Gasteiger partial charge >= 0.3 is 0 Å². The van der Waals surface area contributed by atoms with Crippen molar-refractivity contribution in [2.75, 3.05) is 54.4 Å². The van der Waals surface area contributed by atoms with Gasteiger partial charge in [-0.15, -0.1) is 0 Å². The molecule has 0 spiro atoms. The van der Waals surface area contributed by atoms with Gasteiger partial charge in [-0.2, -0.15) is 15.0 Å². The molecule has 3 aromatic rings. The number of likely N-dealkylation sites (N-methyl/N-ethyl adjacent to an activating group) is 1. The highest BCUT2D eigenvalue weighted by Gasteiger charge is 2.14. The van der Waals surface area contributed by atoms with Gasteiger partial charge in [-0.3, -0.25) is 15.0 Å². The van der Waals surface area contributed by atoms with Gasteiger partial charge in [0.15, 0.2) is 17.9 Å². The molecule has 3 rings (SSSR count). The van der Waals surface area contributed by atoms with E-state index in [1.807, 2.05) is 33.0 Å². The van der Waals surface area contributed by atoms with Gasteiger partial charge in [0, 0.05) is 60.8 Å². The molecular formula is C33H53N15O3. The van der Waals surface area contributed by atoms with Crippen molar-refractivity contribution < 1.29 is 13.3 Å². The first-order chi connectivity index (χ1) is 24.2. The third-order valence-electron chi connectivity index (χ3n) is 7.90. The van der Waals surface area contributed by atoms with E-state index in [4.69, 9.17) is 47.7 Å². The van der Waals surface area contributed by atoms with Crippen LogP contribution in [0.5, 0.6) is 0 Å². The highest BCUT2D eigenvalue weighted by Crippen LogP contribution is 2.18. The van der Waals surface area contributed by atoms with Crippen LogP contribution < -0.4 is 34.4 Å². The van der Waals surface area contributed by atoms with Gasteiger partial charge in [0.2, 0.25) is 17.9 Å². The maximum absolute atomic E-state index is 6.20. The Morgan fingerprint density at radius 2 is 1.22 bits per heavy atom. The van der Waals surface area contributed by atoms with Crippen molar-refractivity contribution in [3.63, 3.8) is 0 Å². The monoisotopic (exact) mass is 707 g/mol.